The van der Waals surface area contributed by atoms with E-state index in [0.29, 0.717) is 34.7 Å². The number of aromatic nitrogens is 3. The molecule has 3 N–H and O–H groups in total. The largest absolute Gasteiger partial charge is 0.435 e. The van der Waals surface area contributed by atoms with Gasteiger partial charge in [0.1, 0.15) is 11.6 Å². The molecule has 1 amide bonds. The number of nitrogens with one attached hydrogen (secondary N) is 1. The summed E-state index contributed by atoms with van der Waals surface area (Å²) in [5.41, 5.74) is 8.08. The Morgan fingerprint density at radius 3 is 2.72 bits per heavy atom. The lowest BCUT2D eigenvalue weighted by atomic mass is 10.1. The average Bonchev–Trinajstić information content (AvgIpc) is 2.78. The number of amides is 1. The van der Waals surface area contributed by atoms with Gasteiger partial charge in [0.15, 0.2) is 5.82 Å². The summed E-state index contributed by atoms with van der Waals surface area (Å²) in [6, 6.07) is 15.5. The van der Waals surface area contributed by atoms with Crippen molar-refractivity contribution in [2.45, 2.75) is 19.5 Å². The van der Waals surface area contributed by atoms with E-state index in [1.807, 2.05) is 24.3 Å². The fourth-order valence-corrected chi connectivity index (χ4v) is 3.20. The molecule has 0 saturated carbocycles. The van der Waals surface area contributed by atoms with Gasteiger partial charge in [-0.25, -0.2) is 9.97 Å². The first-order valence-corrected chi connectivity index (χ1v) is 9.79. The number of halogens is 2. The lowest BCUT2D eigenvalue weighted by molar-refractivity contribution is -0.118. The molecule has 2 aromatic carbocycles. The van der Waals surface area contributed by atoms with Crippen LogP contribution in [-0.2, 0) is 11.2 Å². The number of rotatable bonds is 8. The van der Waals surface area contributed by atoms with Crippen LogP contribution in [-0.4, -0.2) is 27.5 Å². The van der Waals surface area contributed by atoms with E-state index in [1.54, 1.807) is 30.6 Å². The summed E-state index contributed by atoms with van der Waals surface area (Å²) in [6.45, 7) is -2.92. The highest BCUT2D eigenvalue weighted by atomic mass is 19.3. The van der Waals surface area contributed by atoms with Crippen molar-refractivity contribution in [3.63, 3.8) is 0 Å². The monoisotopic (exact) mass is 435 g/mol. The van der Waals surface area contributed by atoms with Crippen molar-refractivity contribution < 1.29 is 18.3 Å². The molecule has 4 aromatic rings. The van der Waals surface area contributed by atoms with Crippen LogP contribution >= 0.6 is 0 Å². The number of pyridine rings is 1. The summed E-state index contributed by atoms with van der Waals surface area (Å²) in [5, 5.41) is 3.88. The Balaban J connectivity index is 1.78. The van der Waals surface area contributed by atoms with Gasteiger partial charge in [-0.2, -0.15) is 8.78 Å². The van der Waals surface area contributed by atoms with Crippen LogP contribution in [0.25, 0.3) is 22.3 Å². The maximum absolute atomic E-state index is 12.6. The van der Waals surface area contributed by atoms with E-state index in [4.69, 9.17) is 5.73 Å². The molecular weight excluding hydrogens is 416 g/mol. The first-order valence-electron chi connectivity index (χ1n) is 9.79. The Morgan fingerprint density at radius 1 is 1.09 bits per heavy atom. The summed E-state index contributed by atoms with van der Waals surface area (Å²) in [7, 11) is 0. The third kappa shape index (κ3) is 5.12. The molecule has 0 aliphatic rings. The number of benzene rings is 2. The molecule has 0 radical (unpaired) electrons. The fourth-order valence-electron chi connectivity index (χ4n) is 3.20. The van der Waals surface area contributed by atoms with E-state index in [-0.39, 0.29) is 18.1 Å². The second kappa shape index (κ2) is 9.34. The van der Waals surface area contributed by atoms with Crippen LogP contribution in [0.5, 0.6) is 5.75 Å². The highest BCUT2D eigenvalue weighted by molar-refractivity contribution is 5.93. The molecule has 0 fully saturated rings. The van der Waals surface area contributed by atoms with Gasteiger partial charge in [0.05, 0.1) is 5.52 Å². The van der Waals surface area contributed by atoms with E-state index >= 15 is 0 Å². The molecule has 162 valence electrons. The van der Waals surface area contributed by atoms with E-state index in [0.717, 1.165) is 11.1 Å². The van der Waals surface area contributed by atoms with Crippen LogP contribution in [0.4, 0.5) is 20.3 Å². The molecular formula is C23H19F2N5O2. The van der Waals surface area contributed by atoms with Crippen molar-refractivity contribution in [3.05, 3.63) is 72.6 Å². The smallest absolute Gasteiger partial charge is 0.387 e. The number of nitrogens with zero attached hydrogens (tertiary/aromatic N) is 3. The molecule has 7 nitrogen and oxygen atoms in total. The molecule has 0 saturated heterocycles. The highest BCUT2D eigenvalue weighted by Crippen LogP contribution is 2.29. The molecule has 9 heteroatoms. The molecule has 2 heterocycles. The molecule has 0 spiro atoms. The van der Waals surface area contributed by atoms with Crippen LogP contribution in [0.1, 0.15) is 12.0 Å². The summed E-state index contributed by atoms with van der Waals surface area (Å²) in [4.78, 5) is 24.6. The van der Waals surface area contributed by atoms with Crippen molar-refractivity contribution in [2.75, 3.05) is 5.32 Å². The number of anilines is 2. The minimum Gasteiger partial charge on any atom is -0.435 e. The predicted molar refractivity (Wildman–Crippen MR) is 117 cm³/mol. The summed E-state index contributed by atoms with van der Waals surface area (Å²) < 4.78 is 29.7. The van der Waals surface area contributed by atoms with Crippen LogP contribution in [0.2, 0.25) is 0 Å². The van der Waals surface area contributed by atoms with Gasteiger partial charge in [-0.1, -0.05) is 12.1 Å². The second-order valence-electron chi connectivity index (χ2n) is 6.99. The van der Waals surface area contributed by atoms with Crippen molar-refractivity contribution in [1.29, 1.82) is 0 Å². The van der Waals surface area contributed by atoms with Crippen molar-refractivity contribution in [2.24, 2.45) is 5.73 Å². The summed E-state index contributed by atoms with van der Waals surface area (Å²) in [5.74, 6) is 0.572. The normalized spacial score (nSPS) is 11.0. The summed E-state index contributed by atoms with van der Waals surface area (Å²) in [6.07, 6.45) is 4.01. The number of fused-ring (bicyclic) bond motifs is 1. The number of carbonyl (C=O) groups excluding carboxylic acids is 1. The number of hydrogen-bond donors (Lipinski definition) is 2. The fraction of sp³-hybridized carbons (Fsp3) is 0.130. The Kier molecular flexibility index (Phi) is 6.16. The number of aryl methyl sites for hydroxylation is 1. The van der Waals surface area contributed by atoms with Crippen LogP contribution in [0.3, 0.4) is 0 Å². The molecule has 0 bridgehead atoms. The Bertz CT molecular complexity index is 1250. The average molecular weight is 435 g/mol. The zero-order valence-electron chi connectivity index (χ0n) is 16.8. The number of nitrogens with two attached hydrogens (primary N) is 1. The van der Waals surface area contributed by atoms with Gasteiger partial charge in [0.25, 0.3) is 0 Å². The van der Waals surface area contributed by atoms with Gasteiger partial charge in [-0.3, -0.25) is 9.78 Å². The Labute approximate surface area is 182 Å². The van der Waals surface area contributed by atoms with Crippen molar-refractivity contribution in [1.82, 2.24) is 15.0 Å². The molecule has 2 aromatic heterocycles. The van der Waals surface area contributed by atoms with E-state index in [1.165, 1.54) is 12.1 Å². The first kappa shape index (κ1) is 21.1. The zero-order valence-corrected chi connectivity index (χ0v) is 16.8. The third-order valence-electron chi connectivity index (χ3n) is 4.66. The van der Waals surface area contributed by atoms with Gasteiger partial charge in [0.2, 0.25) is 5.91 Å². The number of hydrogen-bond acceptors (Lipinski definition) is 6. The van der Waals surface area contributed by atoms with Crippen LogP contribution < -0.4 is 15.8 Å². The Hall–Kier alpha value is -4.14. The number of alkyl halides is 2. The zero-order chi connectivity index (χ0) is 22.5. The lowest BCUT2D eigenvalue weighted by Gasteiger charge is -2.13. The third-order valence-corrected chi connectivity index (χ3v) is 4.66. The Morgan fingerprint density at radius 2 is 1.97 bits per heavy atom. The minimum atomic E-state index is -2.92. The molecule has 4 rings (SSSR count). The topological polar surface area (TPSA) is 103 Å². The SMILES string of the molecule is NC(=O)CCc1ccc2nc(-c3cccnc3)nc(Nc3cccc(OC(F)F)c3)c2c1. The molecule has 0 aliphatic heterocycles. The number of ether oxygens (including phenoxy) is 1. The van der Waals surface area contributed by atoms with Crippen molar-refractivity contribution in [3.8, 4) is 17.1 Å². The standard InChI is InChI=1S/C23H19F2N5O2/c24-23(25)32-17-5-1-4-16(12-17)28-22-18-11-14(7-9-20(26)31)6-8-19(18)29-21(30-22)15-3-2-10-27-13-15/h1-6,8,10-13,23H,7,9H2,(H2,26,31)(H,28,29,30). The van der Waals surface area contributed by atoms with Crippen LogP contribution in [0, 0.1) is 0 Å². The maximum atomic E-state index is 12.6. The molecule has 0 unspecified atom stereocenters. The number of carbonyl (C=O) groups is 1. The van der Waals surface area contributed by atoms with E-state index in [2.05, 4.69) is 25.0 Å². The van der Waals surface area contributed by atoms with Gasteiger partial charge < -0.3 is 15.8 Å². The predicted octanol–water partition coefficient (Wildman–Crippen LogP) is 4.45. The first-order chi connectivity index (χ1) is 15.5. The van der Waals surface area contributed by atoms with E-state index < -0.39 is 6.61 Å². The van der Waals surface area contributed by atoms with Crippen molar-refractivity contribution >= 4 is 28.3 Å². The van der Waals surface area contributed by atoms with E-state index in [9.17, 15) is 13.6 Å². The molecule has 0 aliphatic carbocycles. The maximum Gasteiger partial charge on any atom is 0.387 e. The minimum absolute atomic E-state index is 0.0259. The van der Waals surface area contributed by atoms with Gasteiger partial charge in [-0.15, -0.1) is 0 Å². The van der Waals surface area contributed by atoms with Crippen LogP contribution in [0.15, 0.2) is 67.0 Å². The number of primary amides is 1. The highest BCUT2D eigenvalue weighted by Gasteiger charge is 2.12. The summed E-state index contributed by atoms with van der Waals surface area (Å²) >= 11 is 0. The van der Waals surface area contributed by atoms with Gasteiger partial charge in [0, 0.05) is 41.5 Å². The lowest BCUT2D eigenvalue weighted by Crippen LogP contribution is -2.11. The van der Waals surface area contributed by atoms with Gasteiger partial charge in [-0.05, 0) is 48.4 Å². The second-order valence-corrected chi connectivity index (χ2v) is 6.99. The molecule has 0 atom stereocenters. The quantitative estimate of drug-likeness (QED) is 0.424. The van der Waals surface area contributed by atoms with Gasteiger partial charge >= 0.3 is 6.61 Å². The molecule has 32 heavy (non-hydrogen) atoms.